The number of nitrogens with zero attached hydrogens (tertiary/aromatic N) is 5. The van der Waals surface area contributed by atoms with E-state index in [1.807, 2.05) is 29.9 Å². The predicted molar refractivity (Wildman–Crippen MR) is 107 cm³/mol. The topological polar surface area (TPSA) is 72.1 Å². The van der Waals surface area contributed by atoms with Gasteiger partial charge in [-0.05, 0) is 32.4 Å². The number of hydrogen-bond donors (Lipinski definition) is 0. The lowest BCUT2D eigenvalue weighted by atomic mass is 10.2. The fourth-order valence-corrected chi connectivity index (χ4v) is 4.07. The van der Waals surface area contributed by atoms with Gasteiger partial charge in [-0.1, -0.05) is 29.5 Å². The van der Waals surface area contributed by atoms with E-state index in [0.29, 0.717) is 0 Å². The van der Waals surface area contributed by atoms with Crippen molar-refractivity contribution in [3.05, 3.63) is 41.6 Å². The molecule has 7 nitrogen and oxygen atoms in total. The summed E-state index contributed by atoms with van der Waals surface area (Å²) >= 11 is 1.39. The van der Waals surface area contributed by atoms with E-state index in [0.717, 1.165) is 47.6 Å². The number of ether oxygens (including phenoxy) is 1. The lowest BCUT2D eigenvalue weighted by Gasteiger charge is -2.33. The highest BCUT2D eigenvalue weighted by atomic mass is 32.2. The van der Waals surface area contributed by atoms with Gasteiger partial charge in [0.2, 0.25) is 0 Å². The molecule has 1 atom stereocenters. The summed E-state index contributed by atoms with van der Waals surface area (Å²) in [7, 11) is 1.40. The van der Waals surface area contributed by atoms with Crippen LogP contribution in [0.25, 0.3) is 5.69 Å². The summed E-state index contributed by atoms with van der Waals surface area (Å²) in [6, 6.07) is 8.15. The maximum absolute atomic E-state index is 11.9. The number of aliphatic imine (C=N–C) groups is 2. The van der Waals surface area contributed by atoms with Crippen molar-refractivity contribution in [3.63, 3.8) is 0 Å². The molecular formula is C19H21N5O2S. The Hall–Kier alpha value is -2.61. The molecule has 1 aromatic heterocycles. The van der Waals surface area contributed by atoms with Crippen LogP contribution in [-0.4, -0.2) is 57.1 Å². The number of hydrogen-bond acceptors (Lipinski definition) is 7. The number of benzene rings is 1. The summed E-state index contributed by atoms with van der Waals surface area (Å²) in [5.74, 6) is 1.36. The maximum atomic E-state index is 11.9. The summed E-state index contributed by atoms with van der Waals surface area (Å²) in [6.07, 6.45) is 2.78. The minimum absolute atomic E-state index is 0.268. The maximum Gasteiger partial charge on any atom is 0.318 e. The van der Waals surface area contributed by atoms with Crippen molar-refractivity contribution in [3.8, 4) is 5.69 Å². The van der Waals surface area contributed by atoms with Crippen LogP contribution in [0.2, 0.25) is 0 Å². The fraction of sp³-hybridized carbons (Fsp3) is 0.368. The summed E-state index contributed by atoms with van der Waals surface area (Å²) in [5, 5.41) is 4.96. The summed E-state index contributed by atoms with van der Waals surface area (Å²) in [6.45, 7) is 5.49. The van der Waals surface area contributed by atoms with Crippen LogP contribution in [0.5, 0.6) is 0 Å². The van der Waals surface area contributed by atoms with Gasteiger partial charge in [-0.2, -0.15) is 5.10 Å². The molecule has 0 radical (unpaired) electrons. The number of thioether (sulfide) groups is 1. The molecule has 0 saturated heterocycles. The Morgan fingerprint density at radius 3 is 2.81 bits per heavy atom. The smallest absolute Gasteiger partial charge is 0.318 e. The number of carbonyl (C=O) groups is 1. The second kappa shape index (κ2) is 7.19. The predicted octanol–water partition coefficient (Wildman–Crippen LogP) is 2.93. The molecule has 0 saturated carbocycles. The normalized spacial score (nSPS) is 16.8. The third-order valence-electron chi connectivity index (χ3n) is 4.57. The van der Waals surface area contributed by atoms with Gasteiger partial charge in [-0.3, -0.25) is 9.79 Å². The average molecular weight is 383 g/mol. The van der Waals surface area contributed by atoms with Gasteiger partial charge in [0.25, 0.3) is 0 Å². The first kappa shape index (κ1) is 17.8. The standard InChI is InChI=1S/C19H21N5O2S/c1-12-5-7-14(8-6-12)24-17-15(11-21-24)16-20-9-4-10-23(16)19(22-17)27-13(2)18(25)26-3/h5-8,11,13H,4,9-10H2,1-3H3/t13-/m1/s1. The Morgan fingerprint density at radius 1 is 1.30 bits per heavy atom. The molecule has 2 aliphatic heterocycles. The van der Waals surface area contributed by atoms with Crippen LogP contribution in [0, 0.1) is 6.92 Å². The van der Waals surface area contributed by atoms with Gasteiger partial charge in [-0.15, -0.1) is 0 Å². The van der Waals surface area contributed by atoms with Crippen molar-refractivity contribution >= 4 is 34.6 Å². The number of methoxy groups -OCH3 is 1. The van der Waals surface area contributed by atoms with Crippen molar-refractivity contribution < 1.29 is 9.53 Å². The number of fused-ring (bicyclic) bond motifs is 3. The monoisotopic (exact) mass is 383 g/mol. The van der Waals surface area contributed by atoms with Crippen LogP contribution < -0.4 is 0 Å². The largest absolute Gasteiger partial charge is 0.468 e. The van der Waals surface area contributed by atoms with E-state index < -0.39 is 0 Å². The van der Waals surface area contributed by atoms with E-state index in [2.05, 4.69) is 29.1 Å². The molecule has 0 aliphatic carbocycles. The number of carbonyl (C=O) groups excluding carboxylic acids is 1. The van der Waals surface area contributed by atoms with Gasteiger partial charge < -0.3 is 9.64 Å². The highest BCUT2D eigenvalue weighted by molar-refractivity contribution is 8.14. The molecule has 0 N–H and O–H groups in total. The molecule has 3 heterocycles. The van der Waals surface area contributed by atoms with E-state index in [9.17, 15) is 4.79 Å². The first-order valence-electron chi connectivity index (χ1n) is 8.89. The zero-order chi connectivity index (χ0) is 19.0. The minimum Gasteiger partial charge on any atom is -0.468 e. The van der Waals surface area contributed by atoms with E-state index in [-0.39, 0.29) is 11.2 Å². The van der Waals surface area contributed by atoms with E-state index >= 15 is 0 Å². The third kappa shape index (κ3) is 3.25. The summed E-state index contributed by atoms with van der Waals surface area (Å²) in [5.41, 5.74) is 3.06. The molecule has 0 spiro atoms. The Kier molecular flexibility index (Phi) is 4.73. The number of esters is 1. The lowest BCUT2D eigenvalue weighted by Crippen LogP contribution is -2.42. The minimum atomic E-state index is -0.353. The van der Waals surface area contributed by atoms with Crippen molar-refractivity contribution in [2.24, 2.45) is 9.98 Å². The summed E-state index contributed by atoms with van der Waals surface area (Å²) in [4.78, 5) is 23.6. The Morgan fingerprint density at radius 2 is 2.07 bits per heavy atom. The lowest BCUT2D eigenvalue weighted by molar-refractivity contribution is -0.139. The molecule has 2 aromatic rings. The van der Waals surface area contributed by atoms with Gasteiger partial charge in [0.15, 0.2) is 11.0 Å². The molecule has 0 bridgehead atoms. The Bertz CT molecular complexity index is 932. The SMILES string of the molecule is COC(=O)[C@@H](C)SC1=Nc2c(cnn2-c2ccc(C)cc2)C2=NCCCN12. The zero-order valence-corrected chi connectivity index (χ0v) is 16.4. The van der Waals surface area contributed by atoms with Crippen molar-refractivity contribution in [1.82, 2.24) is 14.7 Å². The molecule has 27 heavy (non-hydrogen) atoms. The van der Waals surface area contributed by atoms with Crippen LogP contribution in [0.4, 0.5) is 5.82 Å². The van der Waals surface area contributed by atoms with Crippen molar-refractivity contribution in [2.75, 3.05) is 20.2 Å². The number of amidine groups is 2. The molecule has 140 valence electrons. The van der Waals surface area contributed by atoms with Gasteiger partial charge >= 0.3 is 5.97 Å². The Labute approximate surface area is 162 Å². The highest BCUT2D eigenvalue weighted by Gasteiger charge is 2.33. The molecular weight excluding hydrogens is 362 g/mol. The first-order chi connectivity index (χ1) is 13.1. The third-order valence-corrected chi connectivity index (χ3v) is 5.64. The van der Waals surface area contributed by atoms with Crippen molar-refractivity contribution in [2.45, 2.75) is 25.5 Å². The molecule has 8 heteroatoms. The van der Waals surface area contributed by atoms with Crippen LogP contribution >= 0.6 is 11.8 Å². The quantitative estimate of drug-likeness (QED) is 0.762. The van der Waals surface area contributed by atoms with Gasteiger partial charge in [0.1, 0.15) is 11.1 Å². The molecule has 1 aromatic carbocycles. The molecule has 0 amide bonds. The van der Waals surface area contributed by atoms with Crippen LogP contribution in [0.1, 0.15) is 24.5 Å². The van der Waals surface area contributed by atoms with E-state index in [1.165, 1.54) is 24.4 Å². The number of rotatable bonds is 3. The van der Waals surface area contributed by atoms with Crippen LogP contribution in [0.15, 0.2) is 40.4 Å². The second-order valence-electron chi connectivity index (χ2n) is 6.52. The first-order valence-corrected chi connectivity index (χ1v) is 9.77. The number of aromatic nitrogens is 2. The molecule has 4 rings (SSSR count). The van der Waals surface area contributed by atoms with E-state index in [4.69, 9.17) is 14.7 Å². The molecule has 0 fully saturated rings. The average Bonchev–Trinajstić information content (AvgIpc) is 3.12. The molecule has 2 aliphatic rings. The summed E-state index contributed by atoms with van der Waals surface area (Å²) < 4.78 is 6.69. The van der Waals surface area contributed by atoms with E-state index in [1.54, 1.807) is 0 Å². The highest BCUT2D eigenvalue weighted by Crippen LogP contribution is 2.34. The Balaban J connectivity index is 1.78. The van der Waals surface area contributed by atoms with Gasteiger partial charge in [0, 0.05) is 13.1 Å². The van der Waals surface area contributed by atoms with Crippen molar-refractivity contribution in [1.29, 1.82) is 0 Å². The zero-order valence-electron chi connectivity index (χ0n) is 15.5. The van der Waals surface area contributed by atoms with Crippen LogP contribution in [0.3, 0.4) is 0 Å². The second-order valence-corrected chi connectivity index (χ2v) is 7.83. The molecule has 0 unspecified atom stereocenters. The van der Waals surface area contributed by atoms with Gasteiger partial charge in [-0.25, -0.2) is 9.67 Å². The van der Waals surface area contributed by atoms with Gasteiger partial charge in [0.05, 0.1) is 24.6 Å². The van der Waals surface area contributed by atoms with Crippen LogP contribution in [-0.2, 0) is 9.53 Å². The number of aryl methyl sites for hydroxylation is 1. The fourth-order valence-electron chi connectivity index (χ4n) is 3.12.